The van der Waals surface area contributed by atoms with Gasteiger partial charge in [0, 0.05) is 50.0 Å². The van der Waals surface area contributed by atoms with Gasteiger partial charge < -0.3 is 15.0 Å². The molecule has 2 amide bonds. The molecule has 2 aliphatic heterocycles. The number of hydrogen-bond donors (Lipinski definition) is 1. The molecule has 27 heavy (non-hydrogen) atoms. The normalized spacial score (nSPS) is 18.6. The lowest BCUT2D eigenvalue weighted by Crippen LogP contribution is -2.50. The number of ether oxygens (including phenoxy) is 1. The molecule has 7 heteroatoms. The number of esters is 1. The third kappa shape index (κ3) is 4.00. The Morgan fingerprint density at radius 2 is 1.85 bits per heavy atom. The van der Waals surface area contributed by atoms with Crippen LogP contribution in [0.3, 0.4) is 0 Å². The zero-order valence-corrected chi connectivity index (χ0v) is 16.3. The molecule has 0 bridgehead atoms. The molecule has 6 nitrogen and oxygen atoms in total. The van der Waals surface area contributed by atoms with Crippen LogP contribution in [0, 0.1) is 0 Å². The van der Waals surface area contributed by atoms with E-state index in [0.29, 0.717) is 55.1 Å². The highest BCUT2D eigenvalue weighted by atomic mass is 35.5. The second-order valence-electron chi connectivity index (χ2n) is 7.02. The number of nitrogens with one attached hydrogen (secondary N) is 1. The molecule has 0 aromatic heterocycles. The van der Waals surface area contributed by atoms with E-state index in [2.05, 4.69) is 5.32 Å². The van der Waals surface area contributed by atoms with Crippen LogP contribution in [0.25, 0.3) is 0 Å². The number of hydrogen-bond acceptors (Lipinski definition) is 4. The quantitative estimate of drug-likeness (QED) is 0.800. The van der Waals surface area contributed by atoms with Crippen molar-refractivity contribution in [2.24, 2.45) is 0 Å². The molecule has 1 spiro atoms. The van der Waals surface area contributed by atoms with Gasteiger partial charge in [0.25, 0.3) is 5.91 Å². The summed E-state index contributed by atoms with van der Waals surface area (Å²) in [6, 6.07) is 7.46. The van der Waals surface area contributed by atoms with E-state index in [1.54, 1.807) is 11.8 Å². The fourth-order valence-electron chi connectivity index (χ4n) is 3.72. The molecule has 0 unspecified atom stereocenters. The van der Waals surface area contributed by atoms with Crippen molar-refractivity contribution in [1.29, 1.82) is 0 Å². The number of nitrogens with zero attached hydrogens (tertiary/aromatic N) is 1. The zero-order valence-electron chi connectivity index (χ0n) is 15.5. The Hall–Kier alpha value is -2.34. The van der Waals surface area contributed by atoms with Gasteiger partial charge in [0.1, 0.15) is 5.60 Å². The van der Waals surface area contributed by atoms with Crippen LogP contribution in [0.1, 0.15) is 32.3 Å². The number of rotatable bonds is 4. The Labute approximate surface area is 163 Å². The van der Waals surface area contributed by atoms with Gasteiger partial charge >= 0.3 is 5.97 Å². The maximum atomic E-state index is 12.8. The van der Waals surface area contributed by atoms with Gasteiger partial charge in [-0.15, -0.1) is 0 Å². The largest absolute Gasteiger partial charge is 0.450 e. The molecule has 0 atom stereocenters. The van der Waals surface area contributed by atoms with Crippen LogP contribution in [0.15, 0.2) is 35.4 Å². The van der Waals surface area contributed by atoms with Crippen molar-refractivity contribution in [2.45, 2.75) is 38.7 Å². The van der Waals surface area contributed by atoms with E-state index in [9.17, 15) is 14.4 Å². The molecule has 1 fully saturated rings. The Balaban J connectivity index is 1.66. The van der Waals surface area contributed by atoms with E-state index in [1.165, 1.54) is 6.92 Å². The summed E-state index contributed by atoms with van der Waals surface area (Å²) in [6.07, 6.45) is 1.54. The topological polar surface area (TPSA) is 75.7 Å². The van der Waals surface area contributed by atoms with E-state index < -0.39 is 11.6 Å². The van der Waals surface area contributed by atoms with E-state index in [-0.39, 0.29) is 11.8 Å². The Morgan fingerprint density at radius 1 is 1.22 bits per heavy atom. The molecular formula is C20H23ClN2O4. The average molecular weight is 391 g/mol. The summed E-state index contributed by atoms with van der Waals surface area (Å²) in [5.74, 6) is -0.735. The lowest BCUT2D eigenvalue weighted by Gasteiger charge is -2.39. The first-order valence-corrected chi connectivity index (χ1v) is 9.43. The van der Waals surface area contributed by atoms with Crippen LogP contribution in [0.4, 0.5) is 0 Å². The smallest absolute Gasteiger partial charge is 0.335 e. The minimum atomic E-state index is -0.919. The number of halogens is 1. The first kappa shape index (κ1) is 19.4. The molecule has 144 valence electrons. The van der Waals surface area contributed by atoms with Crippen molar-refractivity contribution in [1.82, 2.24) is 10.2 Å². The van der Waals surface area contributed by atoms with Crippen molar-refractivity contribution in [3.05, 3.63) is 46.0 Å². The van der Waals surface area contributed by atoms with Crippen LogP contribution in [-0.4, -0.2) is 47.9 Å². The number of piperidine rings is 1. The van der Waals surface area contributed by atoms with Crippen LogP contribution < -0.4 is 5.32 Å². The summed E-state index contributed by atoms with van der Waals surface area (Å²) in [7, 11) is 0. The molecule has 2 heterocycles. The van der Waals surface area contributed by atoms with E-state index in [4.69, 9.17) is 16.3 Å². The van der Waals surface area contributed by atoms with Crippen molar-refractivity contribution in [2.75, 3.05) is 19.6 Å². The van der Waals surface area contributed by atoms with Gasteiger partial charge in [-0.25, -0.2) is 4.79 Å². The predicted octanol–water partition coefficient (Wildman–Crippen LogP) is 2.25. The van der Waals surface area contributed by atoms with Crippen molar-refractivity contribution < 1.29 is 19.1 Å². The van der Waals surface area contributed by atoms with E-state index >= 15 is 0 Å². The summed E-state index contributed by atoms with van der Waals surface area (Å²) in [4.78, 5) is 38.3. The van der Waals surface area contributed by atoms with E-state index in [0.717, 1.165) is 5.56 Å². The Bertz CT molecular complexity index is 793. The Kier molecular flexibility index (Phi) is 5.56. The number of amides is 2. The minimum absolute atomic E-state index is 0.0103. The van der Waals surface area contributed by atoms with E-state index in [1.807, 2.05) is 24.3 Å². The van der Waals surface area contributed by atoms with Gasteiger partial charge in [-0.2, -0.15) is 0 Å². The first-order chi connectivity index (χ1) is 12.8. The highest BCUT2D eigenvalue weighted by Gasteiger charge is 2.50. The molecule has 0 saturated carbocycles. The third-order valence-electron chi connectivity index (χ3n) is 5.28. The van der Waals surface area contributed by atoms with Crippen LogP contribution in [0.2, 0.25) is 5.02 Å². The fraction of sp³-hybridized carbons (Fsp3) is 0.450. The van der Waals surface area contributed by atoms with Gasteiger partial charge in [0.15, 0.2) is 0 Å². The molecule has 1 aromatic carbocycles. The van der Waals surface area contributed by atoms with Crippen molar-refractivity contribution in [3.8, 4) is 0 Å². The maximum Gasteiger partial charge on any atom is 0.335 e. The van der Waals surface area contributed by atoms with Crippen molar-refractivity contribution >= 4 is 29.4 Å². The molecule has 1 aromatic rings. The zero-order chi connectivity index (χ0) is 19.6. The second kappa shape index (κ2) is 7.72. The summed E-state index contributed by atoms with van der Waals surface area (Å²) in [5, 5.41) is 3.57. The fourth-order valence-corrected chi connectivity index (χ4v) is 3.85. The van der Waals surface area contributed by atoms with Crippen molar-refractivity contribution in [3.63, 3.8) is 0 Å². The standard InChI is InChI=1S/C20H23ClN2O4/c1-13-17(18(25)22-10-7-15-3-5-16(21)6-4-15)20(27-19(13)26)8-11-23(12-9-20)14(2)24/h3-6H,7-12H2,1-2H3,(H,22,25). The molecule has 0 aliphatic carbocycles. The molecular weight excluding hydrogens is 368 g/mol. The molecule has 3 rings (SSSR count). The number of likely N-dealkylation sites (tertiary alicyclic amines) is 1. The second-order valence-corrected chi connectivity index (χ2v) is 7.46. The lowest BCUT2D eigenvalue weighted by atomic mass is 9.82. The van der Waals surface area contributed by atoms with Crippen LogP contribution in [0.5, 0.6) is 0 Å². The first-order valence-electron chi connectivity index (χ1n) is 9.05. The highest BCUT2D eigenvalue weighted by Crippen LogP contribution is 2.41. The Morgan fingerprint density at radius 3 is 2.44 bits per heavy atom. The number of carbonyl (C=O) groups excluding carboxylic acids is 3. The average Bonchev–Trinajstić information content (AvgIpc) is 2.87. The summed E-state index contributed by atoms with van der Waals surface area (Å²) in [6.45, 7) is 4.53. The number of carbonyl (C=O) groups is 3. The molecule has 1 saturated heterocycles. The summed E-state index contributed by atoms with van der Waals surface area (Å²) in [5.41, 5.74) is 0.910. The molecule has 1 N–H and O–H groups in total. The maximum absolute atomic E-state index is 12.8. The summed E-state index contributed by atoms with van der Waals surface area (Å²) >= 11 is 5.88. The highest BCUT2D eigenvalue weighted by molar-refractivity contribution is 6.30. The monoisotopic (exact) mass is 390 g/mol. The van der Waals surface area contributed by atoms with Crippen LogP contribution >= 0.6 is 11.6 Å². The molecule has 2 aliphatic rings. The minimum Gasteiger partial charge on any atom is -0.450 e. The van der Waals surface area contributed by atoms with Crippen LogP contribution in [-0.2, 0) is 25.5 Å². The van der Waals surface area contributed by atoms with Gasteiger partial charge in [-0.1, -0.05) is 23.7 Å². The predicted molar refractivity (Wildman–Crippen MR) is 101 cm³/mol. The van der Waals surface area contributed by atoms with Gasteiger partial charge in [0.05, 0.1) is 5.57 Å². The van der Waals surface area contributed by atoms with Gasteiger partial charge in [-0.05, 0) is 31.0 Å². The SMILES string of the molecule is CC(=O)N1CCC2(CC1)OC(=O)C(C)=C2C(=O)NCCc1ccc(Cl)cc1. The van der Waals surface area contributed by atoms with Gasteiger partial charge in [0.2, 0.25) is 5.91 Å². The third-order valence-corrected chi connectivity index (χ3v) is 5.53. The lowest BCUT2D eigenvalue weighted by molar-refractivity contribution is -0.152. The summed E-state index contributed by atoms with van der Waals surface area (Å²) < 4.78 is 5.62. The molecule has 0 radical (unpaired) electrons. The number of benzene rings is 1. The van der Waals surface area contributed by atoms with Gasteiger partial charge in [-0.3, -0.25) is 9.59 Å².